The van der Waals surface area contributed by atoms with Crippen LogP contribution in [0, 0.1) is 5.41 Å². The van der Waals surface area contributed by atoms with Gasteiger partial charge in [-0.25, -0.2) is 9.97 Å². The number of halogens is 4. The Labute approximate surface area is 204 Å². The van der Waals surface area contributed by atoms with Gasteiger partial charge >= 0.3 is 6.18 Å². The Morgan fingerprint density at radius 1 is 1.31 bits per heavy atom. The summed E-state index contributed by atoms with van der Waals surface area (Å²) < 4.78 is 45.5. The maximum absolute atomic E-state index is 13.3. The van der Waals surface area contributed by atoms with Crippen LogP contribution in [-0.2, 0) is 23.9 Å². The van der Waals surface area contributed by atoms with Crippen LogP contribution in [0.15, 0.2) is 24.3 Å². The van der Waals surface area contributed by atoms with Crippen LogP contribution in [0.4, 0.5) is 19.1 Å². The number of nitrogens with two attached hydrogens (primary N) is 1. The highest BCUT2D eigenvalue weighted by atomic mass is 35.5. The fourth-order valence-electron chi connectivity index (χ4n) is 4.24. The highest BCUT2D eigenvalue weighted by Crippen LogP contribution is 2.37. The molecule has 35 heavy (non-hydrogen) atoms. The van der Waals surface area contributed by atoms with E-state index >= 15 is 0 Å². The van der Waals surface area contributed by atoms with Crippen LogP contribution >= 0.6 is 11.6 Å². The minimum Gasteiger partial charge on any atom is -0.368 e. The van der Waals surface area contributed by atoms with E-state index in [1.54, 1.807) is 6.08 Å². The molecule has 0 spiro atoms. The number of alkyl halides is 3. The van der Waals surface area contributed by atoms with Crippen molar-refractivity contribution in [2.75, 3.05) is 18.9 Å². The van der Waals surface area contributed by atoms with Crippen LogP contribution < -0.4 is 11.1 Å². The molecule has 186 valence electrons. The summed E-state index contributed by atoms with van der Waals surface area (Å²) in [6, 6.07) is 3.27. The van der Waals surface area contributed by atoms with Crippen LogP contribution in [0.5, 0.6) is 0 Å². The minimum atomic E-state index is -4.68. The first-order chi connectivity index (χ1) is 16.7. The third kappa shape index (κ3) is 5.40. The zero-order valence-corrected chi connectivity index (χ0v) is 19.4. The predicted molar refractivity (Wildman–Crippen MR) is 125 cm³/mol. The summed E-state index contributed by atoms with van der Waals surface area (Å²) in [7, 11) is 0. The number of carbonyl (C=O) groups excluding carboxylic acids is 1. The summed E-state index contributed by atoms with van der Waals surface area (Å²) in [6.45, 7) is 0.878. The molecular weight excluding hydrogens is 485 g/mol. The third-order valence-electron chi connectivity index (χ3n) is 5.91. The number of aromatic nitrogens is 2. The molecule has 1 amide bonds. The first-order valence-corrected chi connectivity index (χ1v) is 11.5. The average molecular weight is 509 g/mol. The molecule has 2 aliphatic rings. The fourth-order valence-corrected chi connectivity index (χ4v) is 4.55. The van der Waals surface area contributed by atoms with Crippen molar-refractivity contribution in [1.82, 2.24) is 20.2 Å². The minimum absolute atomic E-state index is 0.0209. The van der Waals surface area contributed by atoms with Gasteiger partial charge in [0.25, 0.3) is 5.91 Å². The Morgan fingerprint density at radius 3 is 2.80 bits per heavy atom. The Kier molecular flexibility index (Phi) is 7.27. The lowest BCUT2D eigenvalue weighted by molar-refractivity contribution is -0.137. The second-order valence-electron chi connectivity index (χ2n) is 8.24. The Morgan fingerprint density at radius 2 is 2.11 bits per heavy atom. The first-order valence-electron chi connectivity index (χ1n) is 11.1. The van der Waals surface area contributed by atoms with E-state index in [2.05, 4.69) is 15.3 Å². The van der Waals surface area contributed by atoms with E-state index in [1.165, 1.54) is 11.0 Å². The normalized spacial score (nSPS) is 18.7. The number of benzene rings is 1. The van der Waals surface area contributed by atoms with Crippen molar-refractivity contribution in [2.24, 2.45) is 0 Å². The molecule has 12 heteroatoms. The standard InChI is InChI=1S/C23H24ClF3N6O2/c24-19-14(4-3-5-15(19)23(25,26)27)21(34)33-10-8-13-17(12-33)31-22(29)32-20(13)16(7-9-28)30-18-6-1-2-11-35-18/h3-5,7,9,18,28,30H,1-2,6,8,10-12H2,(H2,29,31,32)/b16-7-,28-9?. The number of carbonyl (C=O) groups is 1. The first kappa shape index (κ1) is 24.9. The van der Waals surface area contributed by atoms with E-state index < -0.39 is 22.7 Å². The monoisotopic (exact) mass is 508 g/mol. The second-order valence-corrected chi connectivity index (χ2v) is 8.62. The van der Waals surface area contributed by atoms with Gasteiger partial charge < -0.3 is 26.1 Å². The van der Waals surface area contributed by atoms with Crippen LogP contribution in [0.2, 0.25) is 5.02 Å². The van der Waals surface area contributed by atoms with Gasteiger partial charge in [-0.15, -0.1) is 0 Å². The molecule has 0 radical (unpaired) electrons. The molecule has 2 aromatic rings. The number of fused-ring (bicyclic) bond motifs is 1. The molecule has 1 atom stereocenters. The van der Waals surface area contributed by atoms with Crippen LogP contribution in [0.3, 0.4) is 0 Å². The predicted octanol–water partition coefficient (Wildman–Crippen LogP) is 4.04. The zero-order valence-electron chi connectivity index (χ0n) is 18.7. The largest absolute Gasteiger partial charge is 0.417 e. The van der Waals surface area contributed by atoms with Crippen molar-refractivity contribution in [3.8, 4) is 0 Å². The lowest BCUT2D eigenvalue weighted by Gasteiger charge is -2.31. The van der Waals surface area contributed by atoms with Gasteiger partial charge in [0.15, 0.2) is 0 Å². The topological polar surface area (TPSA) is 117 Å². The smallest absolute Gasteiger partial charge is 0.368 e. The molecule has 0 aliphatic carbocycles. The number of nitrogens with one attached hydrogen (secondary N) is 2. The van der Waals surface area contributed by atoms with E-state index in [9.17, 15) is 18.0 Å². The van der Waals surface area contributed by atoms with Crippen LogP contribution in [0.1, 0.15) is 52.1 Å². The van der Waals surface area contributed by atoms with Crippen molar-refractivity contribution in [3.63, 3.8) is 0 Å². The number of ether oxygens (including phenoxy) is 1. The van der Waals surface area contributed by atoms with E-state index in [-0.39, 0.29) is 30.8 Å². The second kappa shape index (κ2) is 10.2. The number of hydrogen-bond donors (Lipinski definition) is 3. The molecule has 1 saturated heterocycles. The van der Waals surface area contributed by atoms with Gasteiger partial charge in [0, 0.05) is 24.9 Å². The lowest BCUT2D eigenvalue weighted by Crippen LogP contribution is -2.38. The van der Waals surface area contributed by atoms with E-state index in [0.29, 0.717) is 30.1 Å². The number of anilines is 1. The molecule has 1 fully saturated rings. The maximum Gasteiger partial charge on any atom is 0.417 e. The Balaban J connectivity index is 1.62. The van der Waals surface area contributed by atoms with E-state index in [0.717, 1.165) is 43.2 Å². The van der Waals surface area contributed by atoms with Gasteiger partial charge in [0.2, 0.25) is 5.95 Å². The molecule has 8 nitrogen and oxygen atoms in total. The van der Waals surface area contributed by atoms with Crippen molar-refractivity contribution in [1.29, 1.82) is 5.41 Å². The molecule has 1 aromatic heterocycles. The van der Waals surface area contributed by atoms with Gasteiger partial charge in [0.1, 0.15) is 6.23 Å². The highest BCUT2D eigenvalue weighted by Gasteiger charge is 2.36. The number of rotatable bonds is 5. The Hall–Kier alpha value is -3.18. The summed E-state index contributed by atoms with van der Waals surface area (Å²) in [4.78, 5) is 23.2. The highest BCUT2D eigenvalue weighted by molar-refractivity contribution is 6.34. The fraction of sp³-hybridized carbons (Fsp3) is 0.391. The lowest BCUT2D eigenvalue weighted by atomic mass is 9.99. The van der Waals surface area contributed by atoms with E-state index in [1.807, 2.05) is 0 Å². The van der Waals surface area contributed by atoms with Crippen molar-refractivity contribution in [3.05, 3.63) is 57.4 Å². The summed E-state index contributed by atoms with van der Waals surface area (Å²) >= 11 is 5.97. The summed E-state index contributed by atoms with van der Waals surface area (Å²) in [5.74, 6) is -0.651. The molecule has 1 unspecified atom stereocenters. The number of hydrogen-bond acceptors (Lipinski definition) is 7. The zero-order chi connectivity index (χ0) is 25.2. The maximum atomic E-state index is 13.3. The van der Waals surface area contributed by atoms with Gasteiger partial charge in [-0.3, -0.25) is 4.79 Å². The number of amides is 1. The molecule has 4 N–H and O–H groups in total. The molecule has 3 heterocycles. The van der Waals surface area contributed by atoms with Crippen molar-refractivity contribution in [2.45, 2.75) is 44.6 Å². The molecular formula is C23H24ClF3N6O2. The number of nitrogen functional groups attached to an aromatic ring is 1. The third-order valence-corrected chi connectivity index (χ3v) is 6.31. The van der Waals surface area contributed by atoms with Crippen molar-refractivity contribution >= 4 is 35.4 Å². The molecule has 0 saturated carbocycles. The summed E-state index contributed by atoms with van der Waals surface area (Å²) in [5, 5.41) is 10.2. The van der Waals surface area contributed by atoms with E-state index in [4.69, 9.17) is 27.5 Å². The quantitative estimate of drug-likeness (QED) is 0.525. The summed E-state index contributed by atoms with van der Waals surface area (Å²) in [5.41, 5.74) is 6.96. The number of nitrogens with zero attached hydrogens (tertiary/aromatic N) is 3. The van der Waals surface area contributed by atoms with Crippen molar-refractivity contribution < 1.29 is 22.7 Å². The van der Waals surface area contributed by atoms with Gasteiger partial charge in [-0.05, 0) is 43.9 Å². The van der Waals surface area contributed by atoms with Crippen LogP contribution in [0.25, 0.3) is 5.70 Å². The molecule has 2 aliphatic heterocycles. The van der Waals surface area contributed by atoms with Crippen LogP contribution in [-0.4, -0.2) is 46.4 Å². The summed E-state index contributed by atoms with van der Waals surface area (Å²) in [6.07, 6.45) is 0.918. The van der Waals surface area contributed by atoms with Gasteiger partial charge in [0.05, 0.1) is 39.8 Å². The molecule has 0 bridgehead atoms. The number of allylic oxidation sites excluding steroid dienone is 1. The average Bonchev–Trinajstić information content (AvgIpc) is 2.82. The van der Waals surface area contributed by atoms with Gasteiger partial charge in [-0.1, -0.05) is 17.7 Å². The van der Waals surface area contributed by atoms with Gasteiger partial charge in [-0.2, -0.15) is 13.2 Å². The Bertz CT molecular complexity index is 1160. The molecule has 4 rings (SSSR count). The molecule has 1 aromatic carbocycles. The SMILES string of the molecule is N=C/C=C(\NC1CCCCO1)c1nc(N)nc2c1CCN(C(=O)c1cccc(C(F)(F)F)c1Cl)C2.